The Kier molecular flexibility index (Phi) is 7.42. The van der Waals surface area contributed by atoms with Crippen molar-refractivity contribution < 1.29 is 19.4 Å². The number of rotatable bonds is 10. The maximum absolute atomic E-state index is 14.0. The average molecular weight is 526 g/mol. The van der Waals surface area contributed by atoms with Crippen molar-refractivity contribution in [2.45, 2.75) is 25.5 Å². The molecule has 1 saturated heterocycles. The van der Waals surface area contributed by atoms with E-state index in [1.54, 1.807) is 0 Å². The summed E-state index contributed by atoms with van der Waals surface area (Å²) in [4.78, 5) is 27.8. The molecule has 0 radical (unpaired) electrons. The number of esters is 1. The molecule has 1 atom stereocenters. The number of hydrogen-bond acceptors (Lipinski definition) is 4. The molecule has 1 amide bonds. The third-order valence-corrected chi connectivity index (χ3v) is 14.2. The number of amides is 1. The summed E-state index contributed by atoms with van der Waals surface area (Å²) in [5.74, 6) is -0.390. The predicted molar refractivity (Wildman–Crippen MR) is 153 cm³/mol. The molecule has 6 heteroatoms. The van der Waals surface area contributed by atoms with Crippen LogP contribution in [0.25, 0.3) is 0 Å². The van der Waals surface area contributed by atoms with E-state index in [9.17, 15) is 14.7 Å². The fourth-order valence-corrected chi connectivity index (χ4v) is 12.8. The first kappa shape index (κ1) is 25.8. The van der Waals surface area contributed by atoms with E-state index in [0.29, 0.717) is 12.8 Å². The fraction of sp³-hybridized carbons (Fsp3) is 0.188. The SMILES string of the molecule is O=C(CP(c1ccccc1)(c1ccccc1)(c1ccccc1)N1C(=O)CC1CCO)OCc1ccccc1. The van der Waals surface area contributed by atoms with Crippen LogP contribution in [-0.4, -0.2) is 40.5 Å². The Bertz CT molecular complexity index is 1280. The Morgan fingerprint density at radius 3 is 1.63 bits per heavy atom. The first-order valence-electron chi connectivity index (χ1n) is 12.9. The van der Waals surface area contributed by atoms with Crippen LogP contribution in [0.5, 0.6) is 0 Å². The first-order chi connectivity index (χ1) is 18.6. The summed E-state index contributed by atoms with van der Waals surface area (Å²) < 4.78 is 7.89. The molecule has 0 aromatic heterocycles. The number of ether oxygens (including phenoxy) is 1. The van der Waals surface area contributed by atoms with Crippen LogP contribution in [0, 0.1) is 0 Å². The van der Waals surface area contributed by atoms with Crippen LogP contribution in [-0.2, 0) is 20.9 Å². The summed E-state index contributed by atoms with van der Waals surface area (Å²) in [6, 6.07) is 39.2. The molecule has 194 valence electrons. The van der Waals surface area contributed by atoms with Gasteiger partial charge in [-0.1, -0.05) is 0 Å². The van der Waals surface area contributed by atoms with Crippen LogP contribution in [0.4, 0.5) is 0 Å². The second-order valence-electron chi connectivity index (χ2n) is 9.67. The number of hydrogen-bond donors (Lipinski definition) is 1. The zero-order valence-corrected chi connectivity index (χ0v) is 22.1. The van der Waals surface area contributed by atoms with Crippen LogP contribution < -0.4 is 15.9 Å². The van der Waals surface area contributed by atoms with Crippen molar-refractivity contribution >= 4 is 34.5 Å². The Labute approximate surface area is 223 Å². The van der Waals surface area contributed by atoms with Crippen LogP contribution in [0.15, 0.2) is 121 Å². The normalized spacial score (nSPS) is 16.2. The van der Waals surface area contributed by atoms with Gasteiger partial charge in [0, 0.05) is 0 Å². The van der Waals surface area contributed by atoms with E-state index in [1.165, 1.54) is 0 Å². The van der Waals surface area contributed by atoms with Crippen molar-refractivity contribution in [1.82, 2.24) is 4.67 Å². The van der Waals surface area contributed by atoms with Gasteiger partial charge in [0.1, 0.15) is 0 Å². The van der Waals surface area contributed by atoms with Gasteiger partial charge in [-0.15, -0.1) is 0 Å². The van der Waals surface area contributed by atoms with Crippen molar-refractivity contribution in [1.29, 1.82) is 0 Å². The Balaban J connectivity index is 1.79. The second kappa shape index (κ2) is 10.9. The molecule has 4 aromatic rings. The number of carbonyl (C=O) groups excluding carboxylic acids is 2. The van der Waals surface area contributed by atoms with E-state index in [-0.39, 0.29) is 37.3 Å². The molecule has 1 aliphatic heterocycles. The summed E-state index contributed by atoms with van der Waals surface area (Å²) >= 11 is 0. The molecule has 1 aliphatic rings. The van der Waals surface area contributed by atoms with Gasteiger partial charge in [0.15, 0.2) is 0 Å². The molecule has 38 heavy (non-hydrogen) atoms. The van der Waals surface area contributed by atoms with Gasteiger partial charge in [-0.25, -0.2) is 0 Å². The van der Waals surface area contributed by atoms with E-state index < -0.39 is 6.75 Å². The molecule has 0 saturated carbocycles. The van der Waals surface area contributed by atoms with Crippen molar-refractivity contribution in [3.63, 3.8) is 0 Å². The second-order valence-corrected chi connectivity index (χ2v) is 14.5. The topological polar surface area (TPSA) is 66.8 Å². The van der Waals surface area contributed by atoms with Gasteiger partial charge in [0.25, 0.3) is 0 Å². The van der Waals surface area contributed by atoms with E-state index >= 15 is 0 Å². The molecule has 1 fully saturated rings. The van der Waals surface area contributed by atoms with Gasteiger partial charge in [-0.05, 0) is 0 Å². The first-order valence-corrected chi connectivity index (χ1v) is 15.3. The van der Waals surface area contributed by atoms with Gasteiger partial charge in [-0.2, -0.15) is 0 Å². The summed E-state index contributed by atoms with van der Waals surface area (Å²) in [5, 5.41) is 12.7. The number of carbonyl (C=O) groups is 2. The number of nitrogens with zero attached hydrogens (tertiary/aromatic N) is 1. The van der Waals surface area contributed by atoms with Crippen LogP contribution >= 0.6 is 6.75 Å². The van der Waals surface area contributed by atoms with E-state index in [1.807, 2.05) is 126 Å². The fourth-order valence-electron chi connectivity index (χ4n) is 5.91. The minimum absolute atomic E-state index is 0.00411. The van der Waals surface area contributed by atoms with Crippen molar-refractivity contribution in [2.24, 2.45) is 0 Å². The Morgan fingerprint density at radius 1 is 0.763 bits per heavy atom. The number of aliphatic hydroxyl groups is 1. The minimum atomic E-state index is -3.99. The van der Waals surface area contributed by atoms with Gasteiger partial charge < -0.3 is 0 Å². The molecule has 0 spiro atoms. The van der Waals surface area contributed by atoms with Gasteiger partial charge in [0.2, 0.25) is 0 Å². The maximum atomic E-state index is 14.0. The van der Waals surface area contributed by atoms with Crippen molar-refractivity contribution in [3.8, 4) is 0 Å². The van der Waals surface area contributed by atoms with Gasteiger partial charge in [0.05, 0.1) is 0 Å². The van der Waals surface area contributed by atoms with E-state index in [2.05, 4.69) is 0 Å². The molecule has 1 unspecified atom stereocenters. The molecular formula is C32H32NO4P. The molecule has 5 rings (SSSR count). The van der Waals surface area contributed by atoms with Crippen LogP contribution in [0.3, 0.4) is 0 Å². The molecule has 0 aliphatic carbocycles. The zero-order valence-electron chi connectivity index (χ0n) is 21.2. The standard InChI is InChI=1S/C32H32NO4P/c34-22-21-27-23-31(35)33(27)38(28-15-7-2-8-16-28,29-17-9-3-10-18-29,30-19-11-4-12-20-30)25-32(36)37-24-26-13-5-1-6-14-26/h1-20,27,34H,21-25H2. The molecule has 4 aromatic carbocycles. The molecule has 1 N–H and O–H groups in total. The Morgan fingerprint density at radius 2 is 1.21 bits per heavy atom. The summed E-state index contributed by atoms with van der Waals surface area (Å²) in [5.41, 5.74) is 0.901. The number of β-lactam (4-membered cyclic amide) rings is 1. The van der Waals surface area contributed by atoms with Crippen LogP contribution in [0.1, 0.15) is 18.4 Å². The van der Waals surface area contributed by atoms with E-state index in [4.69, 9.17) is 4.74 Å². The van der Waals surface area contributed by atoms with E-state index in [0.717, 1.165) is 21.5 Å². The number of benzene rings is 4. The third-order valence-electron chi connectivity index (χ3n) is 7.57. The average Bonchev–Trinajstić information content (AvgIpc) is 2.97. The van der Waals surface area contributed by atoms with Crippen molar-refractivity contribution in [3.05, 3.63) is 127 Å². The van der Waals surface area contributed by atoms with Gasteiger partial charge >= 0.3 is 224 Å². The molecule has 0 bridgehead atoms. The molecule has 5 nitrogen and oxygen atoms in total. The van der Waals surface area contributed by atoms with Gasteiger partial charge in [-0.3, -0.25) is 0 Å². The third kappa shape index (κ3) is 4.22. The Hall–Kier alpha value is -3.79. The quantitative estimate of drug-likeness (QED) is 0.192. The summed E-state index contributed by atoms with van der Waals surface area (Å²) in [6.45, 7) is -3.89. The van der Waals surface area contributed by atoms with Crippen molar-refractivity contribution in [2.75, 3.05) is 12.8 Å². The molecular weight excluding hydrogens is 493 g/mol. The molecule has 1 heterocycles. The van der Waals surface area contributed by atoms with Crippen LogP contribution in [0.2, 0.25) is 0 Å². The zero-order chi connectivity index (χ0) is 26.5. The predicted octanol–water partition coefficient (Wildman–Crippen LogP) is 4.16. The number of aliphatic hydroxyl groups excluding tert-OH is 1. The summed E-state index contributed by atoms with van der Waals surface area (Å²) in [7, 11) is 0. The summed E-state index contributed by atoms with van der Waals surface area (Å²) in [6.07, 6.45) is 0.781. The monoisotopic (exact) mass is 525 g/mol.